The maximum atomic E-state index is 12.2. The molecule has 2 N–H and O–H groups in total. The molecule has 4 rings (SSSR count). The van der Waals surface area contributed by atoms with Crippen molar-refractivity contribution in [1.29, 1.82) is 0 Å². The van der Waals surface area contributed by atoms with Gasteiger partial charge in [-0.15, -0.1) is 22.7 Å². The number of thiophene rings is 1. The van der Waals surface area contributed by atoms with Gasteiger partial charge in [-0.3, -0.25) is 4.79 Å². The Labute approximate surface area is 170 Å². The van der Waals surface area contributed by atoms with Crippen molar-refractivity contribution in [2.75, 3.05) is 17.2 Å². The monoisotopic (exact) mass is 409 g/mol. The Balaban J connectivity index is 1.52. The molecule has 0 radical (unpaired) electrons. The maximum absolute atomic E-state index is 12.2. The third kappa shape index (κ3) is 3.88. The van der Waals surface area contributed by atoms with Gasteiger partial charge in [-0.25, -0.2) is 15.0 Å². The number of carbonyl (C=O) groups is 1. The Bertz CT molecular complexity index is 1120. The third-order valence-electron chi connectivity index (χ3n) is 4.24. The highest BCUT2D eigenvalue weighted by Gasteiger charge is 2.16. The number of nitrogens with one attached hydrogen (secondary N) is 2. The number of thiazole rings is 1. The number of fused-ring (bicyclic) bond motifs is 1. The molecule has 0 unspecified atom stereocenters. The van der Waals surface area contributed by atoms with Gasteiger partial charge >= 0.3 is 0 Å². The summed E-state index contributed by atoms with van der Waals surface area (Å²) in [5, 5.41) is 9.69. The van der Waals surface area contributed by atoms with Crippen LogP contribution in [0.25, 0.3) is 21.3 Å². The van der Waals surface area contributed by atoms with Crippen molar-refractivity contribution < 1.29 is 4.79 Å². The van der Waals surface area contributed by atoms with Crippen molar-refractivity contribution in [2.45, 2.75) is 20.3 Å². The lowest BCUT2D eigenvalue weighted by Gasteiger charge is -2.09. The van der Waals surface area contributed by atoms with Crippen LogP contribution in [-0.4, -0.2) is 27.4 Å². The summed E-state index contributed by atoms with van der Waals surface area (Å²) in [5.74, 6) is 0.683. The highest BCUT2D eigenvalue weighted by Crippen LogP contribution is 2.40. The summed E-state index contributed by atoms with van der Waals surface area (Å²) in [6.45, 7) is 4.48. The van der Waals surface area contributed by atoms with E-state index < -0.39 is 0 Å². The molecule has 3 aromatic heterocycles. The van der Waals surface area contributed by atoms with Crippen LogP contribution in [-0.2, 0) is 4.79 Å². The standard InChI is InChI=1S/C20H19N5OS2/c1-12-10-27-20(24-12)25-15(26)8-9-21-18-17-16(14-6-4-3-5-7-14)13(2)28-19(17)23-11-22-18/h3-7,10-11H,8-9H2,1-2H3,(H,21,22,23)(H,24,25,26). The predicted octanol–water partition coefficient (Wildman–Crippen LogP) is 4.87. The van der Waals surface area contributed by atoms with Crippen LogP contribution in [0.15, 0.2) is 42.0 Å². The van der Waals surface area contributed by atoms with Gasteiger partial charge in [0.15, 0.2) is 5.13 Å². The Hall–Kier alpha value is -2.84. The van der Waals surface area contributed by atoms with E-state index in [2.05, 4.69) is 44.6 Å². The Kier molecular flexibility index (Phi) is 5.31. The van der Waals surface area contributed by atoms with Gasteiger partial charge in [0.25, 0.3) is 0 Å². The molecule has 0 fully saturated rings. The average molecular weight is 410 g/mol. The number of amides is 1. The van der Waals surface area contributed by atoms with Crippen LogP contribution >= 0.6 is 22.7 Å². The van der Waals surface area contributed by atoms with E-state index in [-0.39, 0.29) is 5.91 Å². The minimum Gasteiger partial charge on any atom is -0.369 e. The topological polar surface area (TPSA) is 79.8 Å². The number of nitrogens with zero attached hydrogens (tertiary/aromatic N) is 3. The highest BCUT2D eigenvalue weighted by atomic mass is 32.1. The van der Waals surface area contributed by atoms with E-state index in [0.29, 0.717) is 18.1 Å². The second-order valence-corrected chi connectivity index (χ2v) is 8.38. The van der Waals surface area contributed by atoms with Crippen LogP contribution in [0.3, 0.4) is 0 Å². The zero-order valence-corrected chi connectivity index (χ0v) is 17.2. The van der Waals surface area contributed by atoms with E-state index in [4.69, 9.17) is 0 Å². The van der Waals surface area contributed by atoms with Crippen LogP contribution in [0.5, 0.6) is 0 Å². The van der Waals surface area contributed by atoms with Crippen molar-refractivity contribution in [1.82, 2.24) is 15.0 Å². The summed E-state index contributed by atoms with van der Waals surface area (Å²) < 4.78 is 0. The lowest BCUT2D eigenvalue weighted by molar-refractivity contribution is -0.115. The summed E-state index contributed by atoms with van der Waals surface area (Å²) in [7, 11) is 0. The first-order chi connectivity index (χ1) is 13.6. The summed E-state index contributed by atoms with van der Waals surface area (Å²) >= 11 is 3.08. The molecule has 0 saturated heterocycles. The van der Waals surface area contributed by atoms with Crippen molar-refractivity contribution in [3.8, 4) is 11.1 Å². The molecule has 0 saturated carbocycles. The zero-order chi connectivity index (χ0) is 19.5. The van der Waals surface area contributed by atoms with Crippen molar-refractivity contribution in [3.63, 3.8) is 0 Å². The maximum Gasteiger partial charge on any atom is 0.227 e. The molecule has 0 aliphatic rings. The van der Waals surface area contributed by atoms with Gasteiger partial charge in [0, 0.05) is 28.8 Å². The van der Waals surface area contributed by atoms with Gasteiger partial charge in [-0.2, -0.15) is 0 Å². The van der Waals surface area contributed by atoms with Crippen molar-refractivity contribution in [2.24, 2.45) is 0 Å². The minimum absolute atomic E-state index is 0.0723. The molecule has 28 heavy (non-hydrogen) atoms. The summed E-state index contributed by atoms with van der Waals surface area (Å²) in [6, 6.07) is 10.2. The molecule has 0 aliphatic heterocycles. The van der Waals surface area contributed by atoms with Crippen LogP contribution in [0.1, 0.15) is 17.0 Å². The molecule has 0 bridgehead atoms. The summed E-state index contributed by atoms with van der Waals surface area (Å²) in [5.41, 5.74) is 3.19. The zero-order valence-electron chi connectivity index (χ0n) is 15.5. The fourth-order valence-corrected chi connectivity index (χ4v) is 4.74. The normalized spacial score (nSPS) is 10.9. The van der Waals surface area contributed by atoms with Crippen molar-refractivity contribution in [3.05, 3.63) is 52.6 Å². The molecule has 8 heteroatoms. The fourth-order valence-electron chi connectivity index (χ4n) is 3.02. The molecular weight excluding hydrogens is 390 g/mol. The number of aryl methyl sites for hydroxylation is 2. The van der Waals surface area contributed by atoms with Crippen molar-refractivity contribution >= 4 is 49.7 Å². The molecular formula is C20H19N5OS2. The molecule has 4 aromatic rings. The van der Waals surface area contributed by atoms with E-state index in [1.54, 1.807) is 17.7 Å². The highest BCUT2D eigenvalue weighted by molar-refractivity contribution is 7.19. The number of rotatable bonds is 6. The lowest BCUT2D eigenvalue weighted by atomic mass is 10.0. The smallest absolute Gasteiger partial charge is 0.227 e. The molecule has 0 atom stereocenters. The number of carbonyl (C=O) groups excluding carboxylic acids is 1. The second-order valence-electron chi connectivity index (χ2n) is 6.32. The van der Waals surface area contributed by atoms with E-state index >= 15 is 0 Å². The molecule has 1 amide bonds. The van der Waals surface area contributed by atoms with Crippen LogP contribution in [0, 0.1) is 13.8 Å². The van der Waals surface area contributed by atoms with Gasteiger partial charge in [-0.1, -0.05) is 30.3 Å². The number of anilines is 2. The van der Waals surface area contributed by atoms with Gasteiger partial charge < -0.3 is 10.6 Å². The number of hydrogen-bond acceptors (Lipinski definition) is 7. The molecule has 0 aliphatic carbocycles. The Morgan fingerprint density at radius 3 is 2.71 bits per heavy atom. The Morgan fingerprint density at radius 2 is 1.96 bits per heavy atom. The van der Waals surface area contributed by atoms with E-state index in [1.165, 1.54) is 16.2 Å². The van der Waals surface area contributed by atoms with Crippen LogP contribution in [0.4, 0.5) is 10.9 Å². The number of hydrogen-bond donors (Lipinski definition) is 2. The van der Waals surface area contributed by atoms with E-state index in [1.807, 2.05) is 30.5 Å². The van der Waals surface area contributed by atoms with Gasteiger partial charge in [0.2, 0.25) is 5.91 Å². The number of benzene rings is 1. The molecule has 6 nitrogen and oxygen atoms in total. The van der Waals surface area contributed by atoms with Gasteiger partial charge in [0.05, 0.1) is 11.1 Å². The summed E-state index contributed by atoms with van der Waals surface area (Å²) in [4.78, 5) is 27.4. The molecule has 1 aromatic carbocycles. The SMILES string of the molecule is Cc1csc(NC(=O)CCNc2ncnc3sc(C)c(-c4ccccc4)c23)n1. The van der Waals surface area contributed by atoms with Crippen LogP contribution < -0.4 is 10.6 Å². The van der Waals surface area contributed by atoms with E-state index in [9.17, 15) is 4.79 Å². The minimum atomic E-state index is -0.0723. The largest absolute Gasteiger partial charge is 0.369 e. The first-order valence-corrected chi connectivity index (χ1v) is 10.6. The second kappa shape index (κ2) is 8.04. The fraction of sp³-hybridized carbons (Fsp3) is 0.200. The first-order valence-electron chi connectivity index (χ1n) is 8.87. The Morgan fingerprint density at radius 1 is 1.14 bits per heavy atom. The average Bonchev–Trinajstić information content (AvgIpc) is 3.24. The van der Waals surface area contributed by atoms with Crippen LogP contribution in [0.2, 0.25) is 0 Å². The van der Waals surface area contributed by atoms with Gasteiger partial charge in [-0.05, 0) is 19.4 Å². The van der Waals surface area contributed by atoms with E-state index in [0.717, 1.165) is 32.9 Å². The lowest BCUT2D eigenvalue weighted by Crippen LogP contribution is -2.16. The predicted molar refractivity (Wildman–Crippen MR) is 116 cm³/mol. The molecule has 3 heterocycles. The third-order valence-corrected chi connectivity index (χ3v) is 6.13. The molecule has 0 spiro atoms. The number of aromatic nitrogens is 3. The summed E-state index contributed by atoms with van der Waals surface area (Å²) in [6.07, 6.45) is 1.89. The quantitative estimate of drug-likeness (QED) is 0.475. The molecule has 142 valence electrons. The van der Waals surface area contributed by atoms with Gasteiger partial charge in [0.1, 0.15) is 17.0 Å². The first kappa shape index (κ1) is 18.5.